The number of carbonyl (C=O) groups is 3. The highest BCUT2D eigenvalue weighted by Crippen LogP contribution is 2.21. The molecule has 6 nitrogen and oxygen atoms in total. The number of benzene rings is 1. The topological polar surface area (TPSA) is 78.5 Å². The first-order valence-electron chi connectivity index (χ1n) is 8.02. The van der Waals surface area contributed by atoms with Gasteiger partial charge in [0.25, 0.3) is 5.91 Å². The van der Waals surface area contributed by atoms with Gasteiger partial charge < -0.3 is 15.5 Å². The van der Waals surface area contributed by atoms with Crippen LogP contribution in [-0.4, -0.2) is 36.9 Å². The fraction of sp³-hybridized carbons (Fsp3) is 0.471. The predicted octanol–water partition coefficient (Wildman–Crippen LogP) is 1.46. The number of rotatable bonds is 6. The summed E-state index contributed by atoms with van der Waals surface area (Å²) in [6.07, 6.45) is 2.29. The summed E-state index contributed by atoms with van der Waals surface area (Å²) in [6.45, 7) is 4.94. The third-order valence-corrected chi connectivity index (χ3v) is 3.80. The third kappa shape index (κ3) is 4.31. The molecule has 0 radical (unpaired) electrons. The third-order valence-electron chi connectivity index (χ3n) is 3.80. The molecule has 0 saturated carbocycles. The van der Waals surface area contributed by atoms with Crippen LogP contribution in [-0.2, 0) is 9.59 Å². The lowest BCUT2D eigenvalue weighted by molar-refractivity contribution is -0.122. The van der Waals surface area contributed by atoms with Gasteiger partial charge in [0.2, 0.25) is 11.8 Å². The van der Waals surface area contributed by atoms with E-state index in [9.17, 15) is 14.4 Å². The van der Waals surface area contributed by atoms with Crippen LogP contribution in [0.15, 0.2) is 24.3 Å². The largest absolute Gasteiger partial charge is 0.354 e. The summed E-state index contributed by atoms with van der Waals surface area (Å²) in [6, 6.07) is 6.29. The minimum atomic E-state index is -0.589. The van der Waals surface area contributed by atoms with Gasteiger partial charge in [-0.3, -0.25) is 14.4 Å². The highest BCUT2D eigenvalue weighted by atomic mass is 16.2. The van der Waals surface area contributed by atoms with Crippen molar-refractivity contribution >= 4 is 23.4 Å². The Bertz CT molecular complexity index is 583. The van der Waals surface area contributed by atoms with Crippen molar-refractivity contribution in [1.29, 1.82) is 0 Å². The zero-order valence-corrected chi connectivity index (χ0v) is 13.6. The van der Waals surface area contributed by atoms with Gasteiger partial charge in [-0.25, -0.2) is 0 Å². The van der Waals surface area contributed by atoms with Crippen molar-refractivity contribution < 1.29 is 14.4 Å². The van der Waals surface area contributed by atoms with Crippen molar-refractivity contribution in [1.82, 2.24) is 10.6 Å². The molecule has 2 rings (SSSR count). The Morgan fingerprint density at radius 1 is 1.26 bits per heavy atom. The number of carbonyl (C=O) groups excluding carboxylic acids is 3. The molecule has 1 aromatic carbocycles. The molecule has 124 valence electrons. The van der Waals surface area contributed by atoms with Crippen LogP contribution in [0.1, 0.15) is 43.5 Å². The number of anilines is 1. The van der Waals surface area contributed by atoms with E-state index < -0.39 is 6.04 Å². The van der Waals surface area contributed by atoms with Crippen LogP contribution < -0.4 is 15.5 Å². The summed E-state index contributed by atoms with van der Waals surface area (Å²) < 4.78 is 0. The molecule has 1 atom stereocenters. The summed E-state index contributed by atoms with van der Waals surface area (Å²) >= 11 is 0. The van der Waals surface area contributed by atoms with Crippen LogP contribution in [0.25, 0.3) is 0 Å². The fourth-order valence-corrected chi connectivity index (χ4v) is 2.46. The van der Waals surface area contributed by atoms with E-state index in [1.54, 1.807) is 36.1 Å². The molecule has 0 spiro atoms. The maximum atomic E-state index is 12.2. The summed E-state index contributed by atoms with van der Waals surface area (Å²) in [5.74, 6) is -0.383. The molecule has 1 fully saturated rings. The number of nitrogens with one attached hydrogen (secondary N) is 2. The standard InChI is InChI=1S/C17H23N3O3/c1-3-10-18-16(22)12(2)19-17(23)13-6-8-14(9-7-13)20-11-4-5-15(20)21/h6-9,12H,3-5,10-11H2,1-2H3,(H,18,22)(H,19,23)/t12-/m0/s1. The van der Waals surface area contributed by atoms with E-state index >= 15 is 0 Å². The van der Waals surface area contributed by atoms with Crippen molar-refractivity contribution in [3.63, 3.8) is 0 Å². The van der Waals surface area contributed by atoms with Crippen molar-refractivity contribution in [2.75, 3.05) is 18.0 Å². The Hall–Kier alpha value is -2.37. The van der Waals surface area contributed by atoms with Crippen molar-refractivity contribution in [2.45, 2.75) is 39.2 Å². The van der Waals surface area contributed by atoms with E-state index in [1.807, 2.05) is 6.92 Å². The second kappa shape index (κ2) is 7.76. The van der Waals surface area contributed by atoms with Gasteiger partial charge in [0.1, 0.15) is 6.04 Å². The van der Waals surface area contributed by atoms with Crippen LogP contribution in [0.5, 0.6) is 0 Å². The number of nitrogens with zero attached hydrogens (tertiary/aromatic N) is 1. The maximum Gasteiger partial charge on any atom is 0.251 e. The molecule has 0 unspecified atom stereocenters. The van der Waals surface area contributed by atoms with Gasteiger partial charge in [0.15, 0.2) is 0 Å². The van der Waals surface area contributed by atoms with E-state index in [2.05, 4.69) is 10.6 Å². The smallest absolute Gasteiger partial charge is 0.251 e. The molecule has 1 saturated heterocycles. The molecule has 1 aliphatic rings. The first kappa shape index (κ1) is 17.0. The van der Waals surface area contributed by atoms with Gasteiger partial charge >= 0.3 is 0 Å². The lowest BCUT2D eigenvalue weighted by Gasteiger charge is -2.17. The summed E-state index contributed by atoms with van der Waals surface area (Å²) in [7, 11) is 0. The lowest BCUT2D eigenvalue weighted by atomic mass is 10.1. The molecule has 3 amide bonds. The van der Waals surface area contributed by atoms with E-state index in [1.165, 1.54) is 0 Å². The van der Waals surface area contributed by atoms with E-state index in [0.29, 0.717) is 18.5 Å². The van der Waals surface area contributed by atoms with Crippen molar-refractivity contribution in [2.24, 2.45) is 0 Å². The molecular formula is C17H23N3O3. The average molecular weight is 317 g/mol. The Morgan fingerprint density at radius 2 is 1.96 bits per heavy atom. The molecular weight excluding hydrogens is 294 g/mol. The molecule has 1 heterocycles. The first-order valence-corrected chi connectivity index (χ1v) is 8.02. The summed E-state index contributed by atoms with van der Waals surface area (Å²) in [5, 5.41) is 5.41. The van der Waals surface area contributed by atoms with Crippen molar-refractivity contribution in [3.8, 4) is 0 Å². The van der Waals surface area contributed by atoms with Crippen LogP contribution >= 0.6 is 0 Å². The SMILES string of the molecule is CCCNC(=O)[C@H](C)NC(=O)c1ccc(N2CCCC2=O)cc1. The van der Waals surface area contributed by atoms with Gasteiger partial charge in [-0.2, -0.15) is 0 Å². The number of hydrogen-bond donors (Lipinski definition) is 2. The van der Waals surface area contributed by atoms with Crippen LogP contribution in [0.2, 0.25) is 0 Å². The molecule has 1 aromatic rings. The van der Waals surface area contributed by atoms with Gasteiger partial charge in [0.05, 0.1) is 0 Å². The Labute approximate surface area is 136 Å². The molecule has 1 aliphatic heterocycles. The minimum absolute atomic E-state index is 0.114. The summed E-state index contributed by atoms with van der Waals surface area (Å²) in [4.78, 5) is 37.3. The monoisotopic (exact) mass is 317 g/mol. The van der Waals surface area contributed by atoms with Crippen molar-refractivity contribution in [3.05, 3.63) is 29.8 Å². The average Bonchev–Trinajstić information content (AvgIpc) is 2.98. The molecule has 0 aliphatic carbocycles. The first-order chi connectivity index (χ1) is 11.0. The molecule has 2 N–H and O–H groups in total. The molecule has 23 heavy (non-hydrogen) atoms. The molecule has 6 heteroatoms. The second-order valence-electron chi connectivity index (χ2n) is 5.68. The zero-order valence-electron chi connectivity index (χ0n) is 13.6. The number of hydrogen-bond acceptors (Lipinski definition) is 3. The second-order valence-corrected chi connectivity index (χ2v) is 5.68. The van der Waals surface area contributed by atoms with E-state index in [0.717, 1.165) is 25.1 Å². The Morgan fingerprint density at radius 3 is 2.52 bits per heavy atom. The van der Waals surface area contributed by atoms with Crippen LogP contribution in [0.3, 0.4) is 0 Å². The zero-order chi connectivity index (χ0) is 16.8. The van der Waals surface area contributed by atoms with Gasteiger partial charge in [-0.1, -0.05) is 6.92 Å². The summed E-state index contributed by atoms with van der Waals surface area (Å²) in [5.41, 5.74) is 1.27. The Balaban J connectivity index is 1.95. The van der Waals surface area contributed by atoms with E-state index in [-0.39, 0.29) is 17.7 Å². The quantitative estimate of drug-likeness (QED) is 0.834. The van der Waals surface area contributed by atoms with Gasteiger partial charge in [-0.05, 0) is 44.0 Å². The van der Waals surface area contributed by atoms with Gasteiger partial charge in [-0.15, -0.1) is 0 Å². The Kier molecular flexibility index (Phi) is 5.73. The molecule has 0 aromatic heterocycles. The normalized spacial score (nSPS) is 15.4. The van der Waals surface area contributed by atoms with Gasteiger partial charge in [0, 0.05) is 30.8 Å². The predicted molar refractivity (Wildman–Crippen MR) is 88.3 cm³/mol. The molecule has 0 bridgehead atoms. The lowest BCUT2D eigenvalue weighted by Crippen LogP contribution is -2.45. The minimum Gasteiger partial charge on any atom is -0.354 e. The van der Waals surface area contributed by atoms with Crippen LogP contribution in [0, 0.1) is 0 Å². The highest BCUT2D eigenvalue weighted by molar-refractivity contribution is 5.99. The number of amides is 3. The fourth-order valence-electron chi connectivity index (χ4n) is 2.46. The van der Waals surface area contributed by atoms with E-state index in [4.69, 9.17) is 0 Å². The maximum absolute atomic E-state index is 12.2. The highest BCUT2D eigenvalue weighted by Gasteiger charge is 2.22. The van der Waals surface area contributed by atoms with Crippen LogP contribution in [0.4, 0.5) is 5.69 Å².